The Balaban J connectivity index is 4.25. The Bertz CT molecular complexity index is 856. The maximum atomic E-state index is 12.5. The standard InChI is InChI=1S/C41H70O6/c1-4-7-10-13-15-16-17-18-19-20-21-22-23-24-26-28-31-34-40(43)46-37-38(36-45-39(42)33-30-27-12-9-6-3)47-41(44)35-32-29-25-14-11-8-5-2/h7,10,15-16,18-19,21-22,38H,4-6,8-9,11-14,17,20,23-37H2,1-3H3/b10-7-,16-15-,19-18-,22-21-. The lowest BCUT2D eigenvalue weighted by molar-refractivity contribution is -0.167. The van der Waals surface area contributed by atoms with Gasteiger partial charge in [0.15, 0.2) is 6.10 Å². The van der Waals surface area contributed by atoms with E-state index < -0.39 is 6.10 Å². The zero-order chi connectivity index (χ0) is 34.5. The fraction of sp³-hybridized carbons (Fsp3) is 0.732. The first-order valence-corrected chi connectivity index (χ1v) is 19.1. The Hall–Kier alpha value is -2.63. The smallest absolute Gasteiger partial charge is 0.306 e. The van der Waals surface area contributed by atoms with Crippen LogP contribution in [-0.2, 0) is 28.6 Å². The van der Waals surface area contributed by atoms with E-state index >= 15 is 0 Å². The van der Waals surface area contributed by atoms with Crippen molar-refractivity contribution in [1.29, 1.82) is 0 Å². The Labute approximate surface area is 288 Å². The zero-order valence-corrected chi connectivity index (χ0v) is 30.5. The van der Waals surface area contributed by atoms with Crippen LogP contribution >= 0.6 is 0 Å². The van der Waals surface area contributed by atoms with Crippen molar-refractivity contribution in [2.24, 2.45) is 0 Å². The highest BCUT2D eigenvalue weighted by molar-refractivity contribution is 5.71. The average Bonchev–Trinajstić information content (AvgIpc) is 3.06. The summed E-state index contributed by atoms with van der Waals surface area (Å²) in [4.78, 5) is 37.1. The van der Waals surface area contributed by atoms with Crippen LogP contribution in [0.3, 0.4) is 0 Å². The average molecular weight is 659 g/mol. The van der Waals surface area contributed by atoms with Crippen LogP contribution in [-0.4, -0.2) is 37.2 Å². The van der Waals surface area contributed by atoms with Crippen LogP contribution in [0.2, 0.25) is 0 Å². The van der Waals surface area contributed by atoms with E-state index in [0.29, 0.717) is 19.3 Å². The number of hydrogen-bond donors (Lipinski definition) is 0. The van der Waals surface area contributed by atoms with E-state index in [0.717, 1.165) is 103 Å². The first-order valence-electron chi connectivity index (χ1n) is 19.1. The fourth-order valence-electron chi connectivity index (χ4n) is 4.96. The minimum atomic E-state index is -0.772. The van der Waals surface area contributed by atoms with Gasteiger partial charge in [-0.25, -0.2) is 0 Å². The third-order valence-corrected chi connectivity index (χ3v) is 7.85. The van der Waals surface area contributed by atoms with Gasteiger partial charge in [0.05, 0.1) is 0 Å². The van der Waals surface area contributed by atoms with Crippen LogP contribution in [0.5, 0.6) is 0 Å². The van der Waals surface area contributed by atoms with Gasteiger partial charge in [0.2, 0.25) is 0 Å². The zero-order valence-electron chi connectivity index (χ0n) is 30.5. The number of carbonyl (C=O) groups is 3. The van der Waals surface area contributed by atoms with E-state index in [1.165, 1.54) is 32.1 Å². The first-order chi connectivity index (χ1) is 23.0. The number of rotatable bonds is 33. The molecule has 270 valence electrons. The highest BCUT2D eigenvalue weighted by Crippen LogP contribution is 2.12. The molecule has 0 aromatic heterocycles. The Kier molecular flexibility index (Phi) is 34.2. The van der Waals surface area contributed by atoms with Gasteiger partial charge in [-0.3, -0.25) is 14.4 Å². The molecule has 0 fully saturated rings. The number of ether oxygens (including phenoxy) is 3. The minimum Gasteiger partial charge on any atom is -0.462 e. The predicted molar refractivity (Wildman–Crippen MR) is 196 cm³/mol. The van der Waals surface area contributed by atoms with Crippen molar-refractivity contribution < 1.29 is 28.6 Å². The van der Waals surface area contributed by atoms with Crippen LogP contribution in [0.1, 0.15) is 175 Å². The molecule has 0 aliphatic rings. The highest BCUT2D eigenvalue weighted by Gasteiger charge is 2.19. The minimum absolute atomic E-state index is 0.0822. The molecule has 0 bridgehead atoms. The summed E-state index contributed by atoms with van der Waals surface area (Å²) in [6.07, 6.45) is 39.9. The van der Waals surface area contributed by atoms with Gasteiger partial charge in [-0.15, -0.1) is 0 Å². The predicted octanol–water partition coefficient (Wildman–Crippen LogP) is 11.6. The molecule has 0 aromatic carbocycles. The van der Waals surface area contributed by atoms with Crippen molar-refractivity contribution in [2.75, 3.05) is 13.2 Å². The number of unbranched alkanes of at least 4 members (excludes halogenated alkanes) is 14. The van der Waals surface area contributed by atoms with Crippen molar-refractivity contribution >= 4 is 17.9 Å². The molecule has 1 unspecified atom stereocenters. The molecule has 6 heteroatoms. The number of esters is 3. The van der Waals surface area contributed by atoms with Crippen molar-refractivity contribution in [3.63, 3.8) is 0 Å². The maximum Gasteiger partial charge on any atom is 0.306 e. The van der Waals surface area contributed by atoms with Crippen LogP contribution in [0.4, 0.5) is 0 Å². The molecule has 47 heavy (non-hydrogen) atoms. The molecule has 0 heterocycles. The summed E-state index contributed by atoms with van der Waals surface area (Å²) in [5.41, 5.74) is 0. The molecular weight excluding hydrogens is 588 g/mol. The SMILES string of the molecule is CC/C=C\C/C=C\C/C=C\C/C=C\CCCCCCC(=O)OCC(COC(=O)CCCCCCC)OC(=O)CCCCCCCCC. The Morgan fingerprint density at radius 2 is 0.830 bits per heavy atom. The van der Waals surface area contributed by atoms with Gasteiger partial charge < -0.3 is 14.2 Å². The van der Waals surface area contributed by atoms with E-state index in [9.17, 15) is 14.4 Å². The lowest BCUT2D eigenvalue weighted by Crippen LogP contribution is -2.30. The Morgan fingerprint density at radius 3 is 1.30 bits per heavy atom. The van der Waals surface area contributed by atoms with E-state index in [2.05, 4.69) is 69.4 Å². The van der Waals surface area contributed by atoms with Gasteiger partial charge in [-0.2, -0.15) is 0 Å². The van der Waals surface area contributed by atoms with E-state index in [1.54, 1.807) is 0 Å². The van der Waals surface area contributed by atoms with Crippen molar-refractivity contribution in [3.8, 4) is 0 Å². The summed E-state index contributed by atoms with van der Waals surface area (Å²) >= 11 is 0. The molecule has 0 saturated carbocycles. The molecule has 0 aliphatic carbocycles. The van der Waals surface area contributed by atoms with Gasteiger partial charge in [0.1, 0.15) is 13.2 Å². The summed E-state index contributed by atoms with van der Waals surface area (Å²) in [5, 5.41) is 0. The van der Waals surface area contributed by atoms with Crippen LogP contribution in [0.15, 0.2) is 48.6 Å². The molecule has 0 spiro atoms. The Morgan fingerprint density at radius 1 is 0.447 bits per heavy atom. The topological polar surface area (TPSA) is 78.9 Å². The molecule has 0 rings (SSSR count). The second-order valence-corrected chi connectivity index (χ2v) is 12.5. The second-order valence-electron chi connectivity index (χ2n) is 12.5. The van der Waals surface area contributed by atoms with Gasteiger partial charge in [-0.05, 0) is 57.8 Å². The molecule has 0 radical (unpaired) electrons. The van der Waals surface area contributed by atoms with Crippen molar-refractivity contribution in [1.82, 2.24) is 0 Å². The van der Waals surface area contributed by atoms with Gasteiger partial charge >= 0.3 is 17.9 Å². The van der Waals surface area contributed by atoms with Crippen LogP contribution in [0.25, 0.3) is 0 Å². The highest BCUT2D eigenvalue weighted by atomic mass is 16.6. The van der Waals surface area contributed by atoms with Gasteiger partial charge in [0, 0.05) is 19.3 Å². The van der Waals surface area contributed by atoms with E-state index in [-0.39, 0.29) is 31.1 Å². The fourth-order valence-corrected chi connectivity index (χ4v) is 4.96. The molecule has 0 aromatic rings. The van der Waals surface area contributed by atoms with Gasteiger partial charge in [0.25, 0.3) is 0 Å². The molecule has 1 atom stereocenters. The molecule has 0 N–H and O–H groups in total. The molecule has 6 nitrogen and oxygen atoms in total. The number of hydrogen-bond acceptors (Lipinski definition) is 6. The summed E-state index contributed by atoms with van der Waals surface area (Å²) in [7, 11) is 0. The lowest BCUT2D eigenvalue weighted by Gasteiger charge is -2.18. The summed E-state index contributed by atoms with van der Waals surface area (Å²) in [6.45, 7) is 6.34. The van der Waals surface area contributed by atoms with E-state index in [4.69, 9.17) is 14.2 Å². The monoisotopic (exact) mass is 659 g/mol. The quantitative estimate of drug-likeness (QED) is 0.0302. The number of allylic oxidation sites excluding steroid dienone is 8. The normalized spacial score (nSPS) is 12.5. The van der Waals surface area contributed by atoms with Crippen LogP contribution < -0.4 is 0 Å². The summed E-state index contributed by atoms with van der Waals surface area (Å²) < 4.78 is 16.4. The largest absolute Gasteiger partial charge is 0.462 e. The first kappa shape index (κ1) is 44.4. The molecule has 0 amide bonds. The van der Waals surface area contributed by atoms with Gasteiger partial charge in [-0.1, -0.05) is 146 Å². The van der Waals surface area contributed by atoms with E-state index in [1.807, 2.05) is 0 Å². The van der Waals surface area contributed by atoms with Crippen molar-refractivity contribution in [3.05, 3.63) is 48.6 Å². The second kappa shape index (κ2) is 36.2. The maximum absolute atomic E-state index is 12.5. The third-order valence-electron chi connectivity index (χ3n) is 7.85. The molecular formula is C41H70O6. The molecule has 0 saturated heterocycles. The van der Waals surface area contributed by atoms with Crippen LogP contribution in [0, 0.1) is 0 Å². The molecule has 0 aliphatic heterocycles. The number of carbonyl (C=O) groups excluding carboxylic acids is 3. The summed E-state index contributed by atoms with van der Waals surface area (Å²) in [6, 6.07) is 0. The summed E-state index contributed by atoms with van der Waals surface area (Å²) in [5.74, 6) is -0.936. The van der Waals surface area contributed by atoms with Crippen molar-refractivity contribution in [2.45, 2.75) is 181 Å². The third kappa shape index (κ3) is 34.5. The lowest BCUT2D eigenvalue weighted by atomic mass is 10.1.